The minimum absolute atomic E-state index is 0.137. The highest BCUT2D eigenvalue weighted by molar-refractivity contribution is 6.08. The number of dihydropyridines is 1. The van der Waals surface area contributed by atoms with Gasteiger partial charge in [0.1, 0.15) is 5.54 Å². The van der Waals surface area contributed by atoms with Crippen LogP contribution in [0.25, 0.3) is 0 Å². The van der Waals surface area contributed by atoms with Gasteiger partial charge in [0.2, 0.25) is 0 Å². The second-order valence-electron chi connectivity index (χ2n) is 6.90. The molecule has 0 aromatic carbocycles. The summed E-state index contributed by atoms with van der Waals surface area (Å²) in [6, 6.07) is 0.0130. The second-order valence-corrected chi connectivity index (χ2v) is 6.90. The molecule has 22 heavy (non-hydrogen) atoms. The first-order chi connectivity index (χ1) is 10.5. The van der Waals surface area contributed by atoms with Crippen LogP contribution in [0.15, 0.2) is 28.8 Å². The van der Waals surface area contributed by atoms with E-state index in [0.717, 1.165) is 25.0 Å². The number of hydrogen-bond acceptors (Lipinski definition) is 3. The van der Waals surface area contributed by atoms with Gasteiger partial charge in [0.15, 0.2) is 0 Å². The molecular formula is C17H21N3O2. The van der Waals surface area contributed by atoms with Crippen LogP contribution in [0.3, 0.4) is 0 Å². The molecule has 4 aliphatic rings. The van der Waals surface area contributed by atoms with E-state index in [0.29, 0.717) is 18.3 Å². The standard InChI is InChI=1S/C17H21N3O2/c1-3-13-5-4-10-6-11-8-17(9-12(11)7-14(10)18-13)15(21)19-16(22)20(17)2/h4-5,7,10-11,13H,3,6,8-9H2,1-2H3,(H,19,21,22)/t10?,11?,13?,17-/m1/s1. The predicted molar refractivity (Wildman–Crippen MR) is 83.6 cm³/mol. The van der Waals surface area contributed by atoms with Crippen LogP contribution in [0.1, 0.15) is 32.6 Å². The van der Waals surface area contributed by atoms with Crippen LogP contribution in [-0.4, -0.2) is 41.2 Å². The normalized spacial score (nSPS) is 39.5. The molecule has 3 unspecified atom stereocenters. The molecule has 4 atom stereocenters. The minimum atomic E-state index is -0.671. The lowest BCUT2D eigenvalue weighted by molar-refractivity contribution is -0.126. The second kappa shape index (κ2) is 4.54. The van der Waals surface area contributed by atoms with Crippen molar-refractivity contribution in [3.8, 4) is 0 Å². The number of carbonyl (C=O) groups is 2. The third kappa shape index (κ3) is 1.74. The number of fused-ring (bicyclic) bond motifs is 2. The molecule has 0 radical (unpaired) electrons. The molecule has 5 heteroatoms. The van der Waals surface area contributed by atoms with Crippen LogP contribution >= 0.6 is 0 Å². The summed E-state index contributed by atoms with van der Waals surface area (Å²) >= 11 is 0. The summed E-state index contributed by atoms with van der Waals surface area (Å²) in [6.07, 6.45) is 10.1. The van der Waals surface area contributed by atoms with Gasteiger partial charge >= 0.3 is 6.03 Å². The summed E-state index contributed by atoms with van der Waals surface area (Å²) in [5, 5.41) is 2.46. The molecule has 4 rings (SSSR count). The van der Waals surface area contributed by atoms with Crippen LogP contribution < -0.4 is 5.32 Å². The topological polar surface area (TPSA) is 61.8 Å². The number of likely N-dealkylation sites (N-methyl/N-ethyl adjacent to an activating group) is 1. The molecule has 0 aromatic heterocycles. The maximum absolute atomic E-state index is 12.3. The number of nitrogens with one attached hydrogen (secondary N) is 1. The SMILES string of the molecule is CCC1C=CC2CC3C[C@@]4(CC3=CC2=N1)C(=O)NC(=O)N4C. The summed E-state index contributed by atoms with van der Waals surface area (Å²) in [6.45, 7) is 2.15. The van der Waals surface area contributed by atoms with E-state index in [1.165, 1.54) is 5.57 Å². The van der Waals surface area contributed by atoms with Gasteiger partial charge < -0.3 is 4.90 Å². The zero-order chi connectivity index (χ0) is 15.5. The Kier molecular flexibility index (Phi) is 2.83. The lowest BCUT2D eigenvalue weighted by Gasteiger charge is -2.29. The van der Waals surface area contributed by atoms with E-state index in [4.69, 9.17) is 4.99 Å². The molecule has 1 saturated heterocycles. The van der Waals surface area contributed by atoms with Crippen molar-refractivity contribution in [2.24, 2.45) is 16.8 Å². The van der Waals surface area contributed by atoms with E-state index in [2.05, 4.69) is 30.5 Å². The third-order valence-corrected chi connectivity index (χ3v) is 5.75. The smallest absolute Gasteiger partial charge is 0.312 e. The Morgan fingerprint density at radius 2 is 2.23 bits per heavy atom. The van der Waals surface area contributed by atoms with E-state index >= 15 is 0 Å². The highest BCUT2D eigenvalue weighted by atomic mass is 16.2. The highest BCUT2D eigenvalue weighted by Gasteiger charge is 2.57. The third-order valence-electron chi connectivity index (χ3n) is 5.75. The fraction of sp³-hybridized carbons (Fsp3) is 0.588. The zero-order valence-corrected chi connectivity index (χ0v) is 13.0. The molecule has 2 aliphatic heterocycles. The lowest BCUT2D eigenvalue weighted by Crippen LogP contribution is -2.45. The fourth-order valence-corrected chi connectivity index (χ4v) is 4.33. The summed E-state index contributed by atoms with van der Waals surface area (Å²) in [5.74, 6) is 0.616. The van der Waals surface area contributed by atoms with Crippen molar-refractivity contribution in [3.63, 3.8) is 0 Å². The van der Waals surface area contributed by atoms with Crippen molar-refractivity contribution in [1.82, 2.24) is 10.2 Å². The average Bonchev–Trinajstić information content (AvgIpc) is 2.98. The van der Waals surface area contributed by atoms with Crippen LogP contribution in [-0.2, 0) is 4.79 Å². The molecule has 1 N–H and O–H groups in total. The van der Waals surface area contributed by atoms with Gasteiger partial charge in [-0.2, -0.15) is 0 Å². The maximum Gasteiger partial charge on any atom is 0.324 e. The first kappa shape index (κ1) is 13.7. The summed E-state index contributed by atoms with van der Waals surface area (Å²) in [5.41, 5.74) is 1.78. The molecule has 2 aliphatic carbocycles. The first-order valence-corrected chi connectivity index (χ1v) is 8.09. The molecule has 1 spiro atoms. The Hall–Kier alpha value is -1.91. The van der Waals surface area contributed by atoms with Gasteiger partial charge in [-0.3, -0.25) is 15.1 Å². The number of rotatable bonds is 1. The van der Waals surface area contributed by atoms with Crippen LogP contribution in [0.4, 0.5) is 4.79 Å². The fourth-order valence-electron chi connectivity index (χ4n) is 4.33. The number of hydrogen-bond donors (Lipinski definition) is 1. The van der Waals surface area contributed by atoms with Gasteiger partial charge in [0.25, 0.3) is 5.91 Å². The van der Waals surface area contributed by atoms with Crippen molar-refractivity contribution < 1.29 is 9.59 Å². The molecule has 2 heterocycles. The van der Waals surface area contributed by atoms with Crippen molar-refractivity contribution in [3.05, 3.63) is 23.8 Å². The van der Waals surface area contributed by atoms with E-state index in [9.17, 15) is 9.59 Å². The van der Waals surface area contributed by atoms with Gasteiger partial charge in [-0.25, -0.2) is 4.79 Å². The molecular weight excluding hydrogens is 278 g/mol. The average molecular weight is 299 g/mol. The molecule has 2 fully saturated rings. The summed E-state index contributed by atoms with van der Waals surface area (Å²) in [4.78, 5) is 30.6. The Balaban J connectivity index is 1.67. The Bertz CT molecular complexity index is 648. The van der Waals surface area contributed by atoms with Gasteiger partial charge in [-0.15, -0.1) is 0 Å². The number of carbonyl (C=O) groups excluding carboxylic acids is 2. The molecule has 0 bridgehead atoms. The predicted octanol–water partition coefficient (Wildman–Crippen LogP) is 2.05. The number of urea groups is 1. The molecule has 3 amide bonds. The van der Waals surface area contributed by atoms with E-state index < -0.39 is 5.54 Å². The Labute approximate surface area is 130 Å². The number of amides is 3. The van der Waals surface area contributed by atoms with E-state index in [1.54, 1.807) is 11.9 Å². The van der Waals surface area contributed by atoms with Crippen LogP contribution in [0, 0.1) is 11.8 Å². The quantitative estimate of drug-likeness (QED) is 0.595. The van der Waals surface area contributed by atoms with Gasteiger partial charge in [0, 0.05) is 25.1 Å². The molecule has 116 valence electrons. The Morgan fingerprint density at radius 1 is 1.41 bits per heavy atom. The van der Waals surface area contributed by atoms with Gasteiger partial charge in [0.05, 0.1) is 6.04 Å². The van der Waals surface area contributed by atoms with E-state index in [1.807, 2.05) is 0 Å². The van der Waals surface area contributed by atoms with Crippen molar-refractivity contribution in [2.75, 3.05) is 7.05 Å². The minimum Gasteiger partial charge on any atom is -0.312 e. The highest BCUT2D eigenvalue weighted by Crippen LogP contribution is 2.49. The first-order valence-electron chi connectivity index (χ1n) is 8.09. The number of allylic oxidation sites excluding steroid dienone is 2. The van der Waals surface area contributed by atoms with E-state index in [-0.39, 0.29) is 18.0 Å². The van der Waals surface area contributed by atoms with Crippen LogP contribution in [0.5, 0.6) is 0 Å². The largest absolute Gasteiger partial charge is 0.324 e. The molecule has 1 saturated carbocycles. The van der Waals surface area contributed by atoms with Crippen molar-refractivity contribution in [2.45, 2.75) is 44.2 Å². The van der Waals surface area contributed by atoms with Crippen LogP contribution in [0.2, 0.25) is 0 Å². The maximum atomic E-state index is 12.3. The zero-order valence-electron chi connectivity index (χ0n) is 13.0. The molecule has 0 aromatic rings. The monoisotopic (exact) mass is 299 g/mol. The summed E-state index contributed by atoms with van der Waals surface area (Å²) in [7, 11) is 1.73. The number of imide groups is 1. The number of aliphatic imine (C=N–C) groups is 1. The van der Waals surface area contributed by atoms with Gasteiger partial charge in [-0.1, -0.05) is 24.6 Å². The number of nitrogens with zero attached hydrogens (tertiary/aromatic N) is 2. The lowest BCUT2D eigenvalue weighted by atomic mass is 9.79. The Morgan fingerprint density at radius 3 is 2.91 bits per heavy atom. The van der Waals surface area contributed by atoms with Gasteiger partial charge in [-0.05, 0) is 31.3 Å². The van der Waals surface area contributed by atoms with Crippen molar-refractivity contribution in [1.29, 1.82) is 0 Å². The van der Waals surface area contributed by atoms with Crippen molar-refractivity contribution >= 4 is 17.6 Å². The molecule has 5 nitrogen and oxygen atoms in total. The summed E-state index contributed by atoms with van der Waals surface area (Å²) < 4.78 is 0.